The van der Waals surface area contributed by atoms with E-state index in [1.165, 1.54) is 0 Å². The Bertz CT molecular complexity index is 3340. The molecule has 6 aromatic carbocycles. The SMILES string of the molecule is Cc1cccc(C)c1-c1cc(-c2ccc3oc4ccccc4c3c2O)nc(-c2[c-]c(-c3nc4ccccn4c3-c3ccccc3)cc3c2oc2ccccc23)c1.[Pt]. The Morgan fingerprint density at radius 1 is 0.596 bits per heavy atom. The maximum absolute atomic E-state index is 12.1. The van der Waals surface area contributed by atoms with Gasteiger partial charge in [0.15, 0.2) is 0 Å². The summed E-state index contributed by atoms with van der Waals surface area (Å²) in [7, 11) is 0. The Labute approximate surface area is 342 Å². The summed E-state index contributed by atoms with van der Waals surface area (Å²) in [5.41, 5.74) is 14.2. The Morgan fingerprint density at radius 2 is 1.30 bits per heavy atom. The zero-order chi connectivity index (χ0) is 37.5. The van der Waals surface area contributed by atoms with E-state index in [9.17, 15) is 5.11 Å². The molecule has 1 N–H and O–H groups in total. The third kappa shape index (κ3) is 5.51. The number of nitrogens with zero attached hydrogens (tertiary/aromatic N) is 3. The quantitative estimate of drug-likeness (QED) is 0.174. The van der Waals surface area contributed by atoms with E-state index >= 15 is 0 Å². The first-order chi connectivity index (χ1) is 27.5. The molecule has 276 valence electrons. The standard InChI is InChI=1S/C50H32N3O3.Pt/c1-29-13-12-14-30(2)45(29)32-27-39(35-22-23-43-46(49(35)54)36-18-7-9-20-42(36)55-43)51-40(28-32)38-26-33(25-37-34-17-6-8-19-41(34)56-50(37)38)47-48(31-15-4-3-5-16-31)53-24-11-10-21-44(53)52-47;/h3-25,27-28,54H,1-2H3;/q-1;. The largest absolute Gasteiger partial charge is 0.506 e. The molecule has 5 heterocycles. The number of aryl methyl sites for hydroxylation is 2. The van der Waals surface area contributed by atoms with Crippen LogP contribution in [-0.2, 0) is 21.1 Å². The summed E-state index contributed by atoms with van der Waals surface area (Å²) in [5, 5.41) is 15.5. The molecule has 5 aromatic heterocycles. The second-order valence-corrected chi connectivity index (χ2v) is 14.3. The molecule has 11 aromatic rings. The first-order valence-electron chi connectivity index (χ1n) is 18.6. The monoisotopic (exact) mass is 917 g/mol. The molecule has 0 aliphatic heterocycles. The number of pyridine rings is 2. The van der Waals surface area contributed by atoms with Gasteiger partial charge < -0.3 is 18.3 Å². The van der Waals surface area contributed by atoms with E-state index in [1.54, 1.807) is 0 Å². The van der Waals surface area contributed by atoms with Crippen molar-refractivity contribution >= 4 is 49.5 Å². The smallest absolute Gasteiger partial charge is 0.139 e. The minimum absolute atomic E-state index is 0. The van der Waals surface area contributed by atoms with E-state index < -0.39 is 0 Å². The number of hydrogen-bond donors (Lipinski definition) is 1. The zero-order valence-corrected chi connectivity index (χ0v) is 33.1. The second kappa shape index (κ2) is 13.5. The van der Waals surface area contributed by atoms with Crippen LogP contribution < -0.4 is 0 Å². The number of rotatable bonds is 5. The number of aromatic hydroxyl groups is 1. The molecule has 0 saturated heterocycles. The Balaban J connectivity index is 0.00000396. The van der Waals surface area contributed by atoms with E-state index in [0.717, 1.165) is 72.2 Å². The minimum Gasteiger partial charge on any atom is -0.506 e. The second-order valence-electron chi connectivity index (χ2n) is 14.3. The van der Waals surface area contributed by atoms with Gasteiger partial charge in [-0.2, -0.15) is 0 Å². The average molecular weight is 918 g/mol. The van der Waals surface area contributed by atoms with E-state index in [1.807, 2.05) is 91.0 Å². The molecule has 11 rings (SSSR count). The van der Waals surface area contributed by atoms with Gasteiger partial charge in [0.1, 0.15) is 28.1 Å². The van der Waals surface area contributed by atoms with Crippen molar-refractivity contribution in [2.75, 3.05) is 0 Å². The number of hydrogen-bond acceptors (Lipinski definition) is 5. The molecule has 0 saturated carbocycles. The molecule has 6 nitrogen and oxygen atoms in total. The normalized spacial score (nSPS) is 11.6. The van der Waals surface area contributed by atoms with Crippen molar-refractivity contribution in [3.05, 3.63) is 169 Å². The summed E-state index contributed by atoms with van der Waals surface area (Å²) in [6, 6.07) is 52.5. The number of imidazole rings is 1. The van der Waals surface area contributed by atoms with Crippen molar-refractivity contribution in [3.63, 3.8) is 0 Å². The summed E-state index contributed by atoms with van der Waals surface area (Å²) in [5.74, 6) is 0.119. The minimum atomic E-state index is 0. The molecule has 0 atom stereocenters. The van der Waals surface area contributed by atoms with Crippen molar-refractivity contribution in [1.82, 2.24) is 14.4 Å². The van der Waals surface area contributed by atoms with Crippen LogP contribution >= 0.6 is 0 Å². The third-order valence-electron chi connectivity index (χ3n) is 10.9. The van der Waals surface area contributed by atoms with Crippen LogP contribution in [0.25, 0.3) is 106 Å². The van der Waals surface area contributed by atoms with Crippen molar-refractivity contribution in [2.24, 2.45) is 0 Å². The maximum Gasteiger partial charge on any atom is 0.139 e. The number of phenols is 1. The van der Waals surface area contributed by atoms with Gasteiger partial charge in [-0.05, 0) is 89.5 Å². The van der Waals surface area contributed by atoms with Crippen molar-refractivity contribution in [1.29, 1.82) is 0 Å². The first kappa shape index (κ1) is 34.7. The summed E-state index contributed by atoms with van der Waals surface area (Å²) < 4.78 is 15.0. The maximum atomic E-state index is 12.1. The number of aromatic nitrogens is 3. The molecule has 0 spiro atoms. The fourth-order valence-electron chi connectivity index (χ4n) is 8.35. The van der Waals surface area contributed by atoms with Crippen LogP contribution in [0.4, 0.5) is 0 Å². The number of para-hydroxylation sites is 2. The molecule has 0 fully saturated rings. The molecule has 0 unspecified atom stereocenters. The van der Waals surface area contributed by atoms with E-state index in [-0.39, 0.29) is 26.8 Å². The Morgan fingerprint density at radius 3 is 2.11 bits per heavy atom. The molecule has 57 heavy (non-hydrogen) atoms. The zero-order valence-electron chi connectivity index (χ0n) is 30.9. The van der Waals surface area contributed by atoms with Gasteiger partial charge in [-0.1, -0.05) is 108 Å². The summed E-state index contributed by atoms with van der Waals surface area (Å²) in [4.78, 5) is 10.6. The van der Waals surface area contributed by atoms with Gasteiger partial charge in [-0.25, -0.2) is 0 Å². The fraction of sp³-hybridized carbons (Fsp3) is 0.0400. The number of fused-ring (bicyclic) bond motifs is 7. The number of furan rings is 2. The molecule has 0 radical (unpaired) electrons. The van der Waals surface area contributed by atoms with Crippen LogP contribution in [0.1, 0.15) is 11.1 Å². The number of benzene rings is 6. The van der Waals surface area contributed by atoms with Gasteiger partial charge in [0, 0.05) is 60.7 Å². The van der Waals surface area contributed by atoms with Crippen LogP contribution in [0.5, 0.6) is 5.75 Å². The van der Waals surface area contributed by atoms with Gasteiger partial charge in [0.05, 0.1) is 16.7 Å². The van der Waals surface area contributed by atoms with Gasteiger partial charge in [-0.15, -0.1) is 12.1 Å². The van der Waals surface area contributed by atoms with Gasteiger partial charge in [0.2, 0.25) is 0 Å². The molecule has 0 amide bonds. The Kier molecular flexibility index (Phi) is 8.21. The van der Waals surface area contributed by atoms with E-state index in [0.29, 0.717) is 44.7 Å². The average Bonchev–Trinajstić information content (AvgIpc) is 3.93. The van der Waals surface area contributed by atoms with Gasteiger partial charge in [-0.3, -0.25) is 9.97 Å². The van der Waals surface area contributed by atoms with Gasteiger partial charge in [0.25, 0.3) is 0 Å². The predicted octanol–water partition coefficient (Wildman–Crippen LogP) is 13.0. The van der Waals surface area contributed by atoms with Crippen LogP contribution in [-0.4, -0.2) is 19.5 Å². The molecular formula is C50H32N3O3Pt-. The van der Waals surface area contributed by atoms with Crippen LogP contribution in [0.15, 0.2) is 161 Å². The van der Waals surface area contributed by atoms with E-state index in [4.69, 9.17) is 18.8 Å². The topological polar surface area (TPSA) is 76.7 Å². The van der Waals surface area contributed by atoms with Crippen molar-refractivity contribution < 1.29 is 35.0 Å². The first-order valence-corrected chi connectivity index (χ1v) is 18.6. The molecule has 0 aliphatic carbocycles. The third-order valence-corrected chi connectivity index (χ3v) is 10.9. The van der Waals surface area contributed by atoms with Crippen LogP contribution in [0.3, 0.4) is 0 Å². The van der Waals surface area contributed by atoms with Gasteiger partial charge >= 0.3 is 0 Å². The fourth-order valence-corrected chi connectivity index (χ4v) is 8.35. The van der Waals surface area contributed by atoms with Crippen molar-refractivity contribution in [2.45, 2.75) is 13.8 Å². The molecule has 0 bridgehead atoms. The van der Waals surface area contributed by atoms with Crippen LogP contribution in [0, 0.1) is 19.9 Å². The molecule has 0 aliphatic rings. The van der Waals surface area contributed by atoms with Crippen LogP contribution in [0.2, 0.25) is 0 Å². The van der Waals surface area contributed by atoms with Crippen molar-refractivity contribution in [3.8, 4) is 61.9 Å². The summed E-state index contributed by atoms with van der Waals surface area (Å²) in [6.07, 6.45) is 2.05. The predicted molar refractivity (Wildman–Crippen MR) is 225 cm³/mol. The van der Waals surface area contributed by atoms with E-state index in [2.05, 4.69) is 85.1 Å². The number of phenolic OH excluding ortho intramolecular Hbond substituents is 1. The Hall–Kier alpha value is -6.75. The summed E-state index contributed by atoms with van der Waals surface area (Å²) >= 11 is 0. The molecular weight excluding hydrogens is 886 g/mol. The summed E-state index contributed by atoms with van der Waals surface area (Å²) in [6.45, 7) is 4.25. The molecule has 7 heteroatoms.